The number of rotatable bonds is 3. The Balaban J connectivity index is 1.82. The number of aryl methyl sites for hydroxylation is 1. The number of carbonyl (C=O) groups excluding carboxylic acids is 1. The first kappa shape index (κ1) is 17.1. The first-order valence-electron chi connectivity index (χ1n) is 8.14. The fraction of sp³-hybridized carbons (Fsp3) is 0.316. The van der Waals surface area contributed by atoms with E-state index in [0.29, 0.717) is 17.9 Å². The summed E-state index contributed by atoms with van der Waals surface area (Å²) in [5.74, 6) is -0.568. The average molecular weight is 340 g/mol. The number of halogens is 1. The molecular weight excluding hydrogens is 319 g/mol. The van der Waals surface area contributed by atoms with E-state index in [9.17, 15) is 9.18 Å². The average Bonchev–Trinajstić information content (AvgIpc) is 2.99. The van der Waals surface area contributed by atoms with E-state index in [-0.39, 0.29) is 17.1 Å². The molecule has 3 aromatic rings. The van der Waals surface area contributed by atoms with Crippen LogP contribution in [0.3, 0.4) is 0 Å². The third-order valence-electron chi connectivity index (χ3n) is 3.97. The molecule has 1 amide bonds. The summed E-state index contributed by atoms with van der Waals surface area (Å²) in [5.41, 5.74) is 3.49. The molecule has 0 aliphatic rings. The Hall–Kier alpha value is -2.76. The SMILES string of the molecule is Cc1cc(C(=O)NCc2ccc(F)cc2)nc2cc(C(C)(C)C)nn12. The van der Waals surface area contributed by atoms with Crippen LogP contribution in [0.25, 0.3) is 5.65 Å². The summed E-state index contributed by atoms with van der Waals surface area (Å²) in [5, 5.41) is 7.38. The minimum Gasteiger partial charge on any atom is -0.347 e. The summed E-state index contributed by atoms with van der Waals surface area (Å²) in [6, 6.07) is 9.65. The van der Waals surface area contributed by atoms with E-state index in [1.165, 1.54) is 12.1 Å². The molecule has 3 rings (SSSR count). The third-order valence-corrected chi connectivity index (χ3v) is 3.97. The molecule has 6 heteroatoms. The highest BCUT2D eigenvalue weighted by Gasteiger charge is 2.20. The molecule has 0 spiro atoms. The van der Waals surface area contributed by atoms with Gasteiger partial charge in [0.25, 0.3) is 5.91 Å². The molecule has 0 radical (unpaired) electrons. The summed E-state index contributed by atoms with van der Waals surface area (Å²) < 4.78 is 14.7. The second-order valence-electron chi connectivity index (χ2n) is 7.14. The summed E-state index contributed by atoms with van der Waals surface area (Å²) >= 11 is 0. The maximum Gasteiger partial charge on any atom is 0.270 e. The normalized spacial score (nSPS) is 11.7. The van der Waals surface area contributed by atoms with Crippen molar-refractivity contribution >= 4 is 11.6 Å². The predicted molar refractivity (Wildman–Crippen MR) is 94.0 cm³/mol. The van der Waals surface area contributed by atoms with Gasteiger partial charge in [-0.15, -0.1) is 0 Å². The van der Waals surface area contributed by atoms with Gasteiger partial charge < -0.3 is 5.32 Å². The monoisotopic (exact) mass is 340 g/mol. The van der Waals surface area contributed by atoms with Crippen molar-refractivity contribution in [3.63, 3.8) is 0 Å². The maximum atomic E-state index is 12.9. The Bertz CT molecular complexity index is 923. The highest BCUT2D eigenvalue weighted by atomic mass is 19.1. The van der Waals surface area contributed by atoms with Gasteiger partial charge in [-0.1, -0.05) is 32.9 Å². The lowest BCUT2D eigenvalue weighted by molar-refractivity contribution is 0.0946. The molecule has 1 N–H and O–H groups in total. The molecule has 1 aromatic carbocycles. The highest BCUT2D eigenvalue weighted by molar-refractivity contribution is 5.92. The van der Waals surface area contributed by atoms with Crippen molar-refractivity contribution in [3.05, 3.63) is 64.9 Å². The molecule has 0 aliphatic carbocycles. The van der Waals surface area contributed by atoms with Gasteiger partial charge in [-0.2, -0.15) is 5.10 Å². The lowest BCUT2D eigenvalue weighted by Crippen LogP contribution is -2.24. The van der Waals surface area contributed by atoms with Crippen LogP contribution in [0.4, 0.5) is 4.39 Å². The smallest absolute Gasteiger partial charge is 0.270 e. The first-order chi connectivity index (χ1) is 11.7. The number of fused-ring (bicyclic) bond motifs is 1. The standard InChI is InChI=1S/C19H21FN4O/c1-12-9-15(18(25)21-11-13-5-7-14(20)8-6-13)22-17-10-16(19(2,3)4)23-24(12)17/h5-10H,11H2,1-4H3,(H,21,25). The number of nitrogens with zero attached hydrogens (tertiary/aromatic N) is 3. The van der Waals surface area contributed by atoms with Gasteiger partial charge in [-0.3, -0.25) is 4.79 Å². The number of hydrogen-bond acceptors (Lipinski definition) is 3. The van der Waals surface area contributed by atoms with Crippen LogP contribution in [0.5, 0.6) is 0 Å². The van der Waals surface area contributed by atoms with Crippen molar-refractivity contribution in [3.8, 4) is 0 Å². The molecule has 2 aromatic heterocycles. The lowest BCUT2D eigenvalue weighted by atomic mass is 9.93. The van der Waals surface area contributed by atoms with E-state index in [1.807, 2.05) is 13.0 Å². The quantitative estimate of drug-likeness (QED) is 0.795. The molecule has 0 aliphatic heterocycles. The topological polar surface area (TPSA) is 59.3 Å². The fourth-order valence-electron chi connectivity index (χ4n) is 2.48. The van der Waals surface area contributed by atoms with E-state index in [4.69, 9.17) is 0 Å². The minimum atomic E-state index is -0.298. The third kappa shape index (κ3) is 3.68. The number of carbonyl (C=O) groups is 1. The zero-order chi connectivity index (χ0) is 18.2. The second kappa shape index (κ2) is 6.27. The molecule has 0 fully saturated rings. The van der Waals surface area contributed by atoms with Gasteiger partial charge in [0.1, 0.15) is 11.5 Å². The highest BCUT2D eigenvalue weighted by Crippen LogP contribution is 2.22. The molecule has 25 heavy (non-hydrogen) atoms. The van der Waals surface area contributed by atoms with Gasteiger partial charge >= 0.3 is 0 Å². The Morgan fingerprint density at radius 2 is 1.88 bits per heavy atom. The molecule has 5 nitrogen and oxygen atoms in total. The van der Waals surface area contributed by atoms with Gasteiger partial charge in [0.15, 0.2) is 5.65 Å². The van der Waals surface area contributed by atoms with Crippen LogP contribution < -0.4 is 5.32 Å². The number of benzene rings is 1. The molecule has 130 valence electrons. The van der Waals surface area contributed by atoms with Crippen LogP contribution in [0.15, 0.2) is 36.4 Å². The lowest BCUT2D eigenvalue weighted by Gasteiger charge is -2.13. The van der Waals surface area contributed by atoms with Gasteiger partial charge in [-0.25, -0.2) is 13.9 Å². The van der Waals surface area contributed by atoms with E-state index < -0.39 is 0 Å². The zero-order valence-electron chi connectivity index (χ0n) is 14.8. The van der Waals surface area contributed by atoms with Crippen molar-refractivity contribution in [1.82, 2.24) is 19.9 Å². The predicted octanol–water partition coefficient (Wildman–Crippen LogP) is 3.40. The largest absolute Gasteiger partial charge is 0.347 e. The van der Waals surface area contributed by atoms with Crippen molar-refractivity contribution in [2.45, 2.75) is 39.7 Å². The van der Waals surface area contributed by atoms with Crippen LogP contribution in [0.2, 0.25) is 0 Å². The number of hydrogen-bond donors (Lipinski definition) is 1. The van der Waals surface area contributed by atoms with Gasteiger partial charge in [0.05, 0.1) is 5.69 Å². The van der Waals surface area contributed by atoms with Gasteiger partial charge in [0.2, 0.25) is 0 Å². The van der Waals surface area contributed by atoms with E-state index in [1.54, 1.807) is 22.7 Å². The molecule has 0 atom stereocenters. The number of aromatic nitrogens is 3. The molecule has 0 saturated heterocycles. The summed E-state index contributed by atoms with van der Waals surface area (Å²) in [7, 11) is 0. The van der Waals surface area contributed by atoms with Crippen molar-refractivity contribution in [2.24, 2.45) is 0 Å². The van der Waals surface area contributed by atoms with E-state index >= 15 is 0 Å². The Morgan fingerprint density at radius 1 is 1.20 bits per heavy atom. The Kier molecular flexibility index (Phi) is 4.29. The summed E-state index contributed by atoms with van der Waals surface area (Å²) in [6.45, 7) is 8.46. The van der Waals surface area contributed by atoms with Crippen molar-refractivity contribution in [1.29, 1.82) is 0 Å². The van der Waals surface area contributed by atoms with E-state index in [2.05, 4.69) is 36.2 Å². The van der Waals surface area contributed by atoms with Crippen LogP contribution in [0.1, 0.15) is 48.2 Å². The maximum absolute atomic E-state index is 12.9. The number of nitrogens with one attached hydrogen (secondary N) is 1. The number of amides is 1. The van der Waals surface area contributed by atoms with Crippen LogP contribution in [-0.4, -0.2) is 20.5 Å². The Labute approximate surface area is 145 Å². The zero-order valence-corrected chi connectivity index (χ0v) is 14.8. The van der Waals surface area contributed by atoms with Gasteiger partial charge in [0, 0.05) is 23.7 Å². The van der Waals surface area contributed by atoms with Crippen LogP contribution in [-0.2, 0) is 12.0 Å². The molecule has 0 unspecified atom stereocenters. The molecule has 0 bridgehead atoms. The van der Waals surface area contributed by atoms with E-state index in [0.717, 1.165) is 17.0 Å². The van der Waals surface area contributed by atoms with Crippen molar-refractivity contribution in [2.75, 3.05) is 0 Å². The molecule has 2 heterocycles. The van der Waals surface area contributed by atoms with Crippen LogP contribution >= 0.6 is 0 Å². The summed E-state index contributed by atoms with van der Waals surface area (Å²) in [6.07, 6.45) is 0. The second-order valence-corrected chi connectivity index (χ2v) is 7.14. The minimum absolute atomic E-state index is 0.0921. The first-order valence-corrected chi connectivity index (χ1v) is 8.14. The summed E-state index contributed by atoms with van der Waals surface area (Å²) in [4.78, 5) is 16.8. The Morgan fingerprint density at radius 3 is 2.52 bits per heavy atom. The molecule has 0 saturated carbocycles. The van der Waals surface area contributed by atoms with Gasteiger partial charge in [-0.05, 0) is 30.7 Å². The van der Waals surface area contributed by atoms with Crippen LogP contribution in [0, 0.1) is 12.7 Å². The fourth-order valence-corrected chi connectivity index (χ4v) is 2.48. The molecular formula is C19H21FN4O. The van der Waals surface area contributed by atoms with Crippen molar-refractivity contribution < 1.29 is 9.18 Å².